The Morgan fingerprint density at radius 1 is 1.20 bits per heavy atom. The number of hydrogen-bond donors (Lipinski definition) is 1. The first kappa shape index (κ1) is 13.6. The fourth-order valence-electron chi connectivity index (χ4n) is 2.53. The minimum absolute atomic E-state index is 0.535. The average Bonchev–Trinajstić information content (AvgIpc) is 3.32. The fraction of sp³-hybridized carbons (Fsp3) is 0.733. The Labute approximate surface area is 120 Å². The van der Waals surface area contributed by atoms with E-state index in [4.69, 9.17) is 9.47 Å². The maximum atomic E-state index is 5.99. The molecule has 1 saturated carbocycles. The van der Waals surface area contributed by atoms with E-state index in [0.717, 1.165) is 55.7 Å². The highest BCUT2D eigenvalue weighted by Gasteiger charge is 2.28. The number of ether oxygens (including phenoxy) is 2. The summed E-state index contributed by atoms with van der Waals surface area (Å²) in [5.41, 5.74) is 1.00. The molecule has 1 N–H and O–H groups in total. The van der Waals surface area contributed by atoms with Gasteiger partial charge in [-0.15, -0.1) is 0 Å². The molecular formula is C15H23N3O2. The van der Waals surface area contributed by atoms with Gasteiger partial charge >= 0.3 is 0 Å². The molecule has 5 heteroatoms. The Morgan fingerprint density at radius 2 is 1.95 bits per heavy atom. The van der Waals surface area contributed by atoms with E-state index < -0.39 is 0 Å². The Morgan fingerprint density at radius 3 is 2.60 bits per heavy atom. The first-order valence-electron chi connectivity index (χ1n) is 7.54. The highest BCUT2D eigenvalue weighted by Crippen LogP contribution is 2.40. The van der Waals surface area contributed by atoms with Crippen LogP contribution in [0.2, 0.25) is 0 Å². The number of anilines is 1. The molecule has 1 aliphatic carbocycles. The van der Waals surface area contributed by atoms with E-state index in [9.17, 15) is 0 Å². The number of hydrogen-bond acceptors (Lipinski definition) is 5. The van der Waals surface area contributed by atoms with Gasteiger partial charge in [0.05, 0.1) is 12.2 Å². The van der Waals surface area contributed by atoms with Gasteiger partial charge in [-0.3, -0.25) is 0 Å². The SMILES string of the molecule is CNc1nc(C2CC2)nc(OCC2CCOCC2)c1C. The average molecular weight is 277 g/mol. The van der Waals surface area contributed by atoms with Crippen LogP contribution in [0.15, 0.2) is 0 Å². The molecular weight excluding hydrogens is 254 g/mol. The van der Waals surface area contributed by atoms with E-state index in [-0.39, 0.29) is 0 Å². The van der Waals surface area contributed by atoms with E-state index >= 15 is 0 Å². The molecule has 2 heterocycles. The number of nitrogens with one attached hydrogen (secondary N) is 1. The third-order valence-corrected chi connectivity index (χ3v) is 4.09. The van der Waals surface area contributed by atoms with Gasteiger partial charge < -0.3 is 14.8 Å². The Bertz CT molecular complexity index is 468. The van der Waals surface area contributed by atoms with Crippen LogP contribution in [0.1, 0.15) is 43.0 Å². The van der Waals surface area contributed by atoms with Gasteiger partial charge in [-0.2, -0.15) is 4.98 Å². The summed E-state index contributed by atoms with van der Waals surface area (Å²) in [4.78, 5) is 9.21. The van der Waals surface area contributed by atoms with Gasteiger partial charge in [0.15, 0.2) is 0 Å². The predicted molar refractivity (Wildman–Crippen MR) is 77.3 cm³/mol. The van der Waals surface area contributed by atoms with Crippen LogP contribution in [-0.4, -0.2) is 36.8 Å². The lowest BCUT2D eigenvalue weighted by molar-refractivity contribution is 0.0489. The maximum absolute atomic E-state index is 5.99. The maximum Gasteiger partial charge on any atom is 0.221 e. The molecule has 0 aromatic carbocycles. The summed E-state index contributed by atoms with van der Waals surface area (Å²) < 4.78 is 11.4. The lowest BCUT2D eigenvalue weighted by atomic mass is 10.0. The van der Waals surface area contributed by atoms with Gasteiger partial charge in [-0.1, -0.05) is 0 Å². The molecule has 2 aliphatic rings. The Hall–Kier alpha value is -1.36. The molecule has 2 fully saturated rings. The van der Waals surface area contributed by atoms with Crippen LogP contribution in [0.5, 0.6) is 5.88 Å². The lowest BCUT2D eigenvalue weighted by Crippen LogP contribution is -2.22. The molecule has 0 unspecified atom stereocenters. The Kier molecular flexibility index (Phi) is 4.05. The first-order chi connectivity index (χ1) is 9.78. The zero-order valence-electron chi connectivity index (χ0n) is 12.3. The third kappa shape index (κ3) is 3.03. The second-order valence-electron chi connectivity index (χ2n) is 5.75. The molecule has 5 nitrogen and oxygen atoms in total. The van der Waals surface area contributed by atoms with Gasteiger partial charge in [-0.25, -0.2) is 4.98 Å². The van der Waals surface area contributed by atoms with Crippen LogP contribution in [0.25, 0.3) is 0 Å². The van der Waals surface area contributed by atoms with Crippen molar-refractivity contribution in [3.05, 3.63) is 11.4 Å². The van der Waals surface area contributed by atoms with Gasteiger partial charge in [0, 0.05) is 26.2 Å². The molecule has 3 rings (SSSR count). The zero-order valence-corrected chi connectivity index (χ0v) is 12.3. The zero-order chi connectivity index (χ0) is 13.9. The Balaban J connectivity index is 1.71. The molecule has 1 aromatic rings. The third-order valence-electron chi connectivity index (χ3n) is 4.09. The van der Waals surface area contributed by atoms with E-state index in [1.165, 1.54) is 12.8 Å². The molecule has 0 radical (unpaired) electrons. The number of rotatable bonds is 5. The van der Waals surface area contributed by atoms with Crippen molar-refractivity contribution in [3.63, 3.8) is 0 Å². The smallest absolute Gasteiger partial charge is 0.221 e. The van der Waals surface area contributed by atoms with E-state index in [0.29, 0.717) is 11.8 Å². The van der Waals surface area contributed by atoms with Gasteiger partial charge in [0.2, 0.25) is 5.88 Å². The van der Waals surface area contributed by atoms with Crippen LogP contribution in [0.3, 0.4) is 0 Å². The van der Waals surface area contributed by atoms with E-state index in [1.807, 2.05) is 14.0 Å². The number of aromatic nitrogens is 2. The summed E-state index contributed by atoms with van der Waals surface area (Å²) in [7, 11) is 1.90. The summed E-state index contributed by atoms with van der Waals surface area (Å²) in [6.45, 7) is 4.45. The standard InChI is InChI=1S/C15H23N3O2/c1-10-13(16-2)17-14(12-3-4-12)18-15(10)20-9-11-5-7-19-8-6-11/h11-12H,3-9H2,1-2H3,(H,16,17,18). The van der Waals surface area contributed by atoms with Crippen molar-refractivity contribution in [2.45, 2.75) is 38.5 Å². The van der Waals surface area contributed by atoms with E-state index in [1.54, 1.807) is 0 Å². The number of nitrogens with zero attached hydrogens (tertiary/aromatic N) is 2. The minimum Gasteiger partial charge on any atom is -0.477 e. The van der Waals surface area contributed by atoms with Crippen LogP contribution in [0, 0.1) is 12.8 Å². The molecule has 20 heavy (non-hydrogen) atoms. The summed E-state index contributed by atoms with van der Waals surface area (Å²) >= 11 is 0. The van der Waals surface area contributed by atoms with Crippen molar-refractivity contribution in [2.24, 2.45) is 5.92 Å². The second kappa shape index (κ2) is 5.95. The van der Waals surface area contributed by atoms with Crippen LogP contribution in [0.4, 0.5) is 5.82 Å². The van der Waals surface area contributed by atoms with Crippen LogP contribution >= 0.6 is 0 Å². The van der Waals surface area contributed by atoms with Crippen LogP contribution < -0.4 is 10.1 Å². The largest absolute Gasteiger partial charge is 0.477 e. The lowest BCUT2D eigenvalue weighted by Gasteiger charge is -2.22. The summed E-state index contributed by atoms with van der Waals surface area (Å²) in [6.07, 6.45) is 4.56. The highest BCUT2D eigenvalue weighted by molar-refractivity contribution is 5.48. The molecule has 0 atom stereocenters. The van der Waals surface area contributed by atoms with E-state index in [2.05, 4.69) is 15.3 Å². The fourth-order valence-corrected chi connectivity index (χ4v) is 2.53. The molecule has 1 saturated heterocycles. The molecule has 1 aromatic heterocycles. The summed E-state index contributed by atoms with van der Waals surface area (Å²) in [5.74, 6) is 3.69. The first-order valence-corrected chi connectivity index (χ1v) is 7.54. The van der Waals surface area contributed by atoms with Crippen molar-refractivity contribution < 1.29 is 9.47 Å². The van der Waals surface area contributed by atoms with Crippen molar-refractivity contribution in [2.75, 3.05) is 32.2 Å². The van der Waals surface area contributed by atoms with Crippen molar-refractivity contribution in [3.8, 4) is 5.88 Å². The van der Waals surface area contributed by atoms with Crippen molar-refractivity contribution in [1.29, 1.82) is 0 Å². The van der Waals surface area contributed by atoms with Crippen molar-refractivity contribution >= 4 is 5.82 Å². The predicted octanol–water partition coefficient (Wildman–Crippen LogP) is 2.51. The van der Waals surface area contributed by atoms with Gasteiger partial charge in [0.1, 0.15) is 11.6 Å². The van der Waals surface area contributed by atoms with Crippen LogP contribution in [-0.2, 0) is 4.74 Å². The minimum atomic E-state index is 0.535. The highest BCUT2D eigenvalue weighted by atomic mass is 16.5. The molecule has 1 aliphatic heterocycles. The summed E-state index contributed by atoms with van der Waals surface area (Å²) in [6, 6.07) is 0. The quantitative estimate of drug-likeness (QED) is 0.896. The molecule has 0 spiro atoms. The monoisotopic (exact) mass is 277 g/mol. The second-order valence-corrected chi connectivity index (χ2v) is 5.75. The normalized spacial score (nSPS) is 19.9. The van der Waals surface area contributed by atoms with Crippen molar-refractivity contribution in [1.82, 2.24) is 9.97 Å². The van der Waals surface area contributed by atoms with Gasteiger partial charge in [0.25, 0.3) is 0 Å². The molecule has 0 bridgehead atoms. The molecule has 110 valence electrons. The topological polar surface area (TPSA) is 56.3 Å². The van der Waals surface area contributed by atoms with Gasteiger partial charge in [-0.05, 0) is 38.5 Å². The summed E-state index contributed by atoms with van der Waals surface area (Å²) in [5, 5.41) is 3.15. The molecule has 0 amide bonds.